The van der Waals surface area contributed by atoms with Crippen LogP contribution < -0.4 is 15.5 Å². The van der Waals surface area contributed by atoms with Crippen LogP contribution in [-0.4, -0.2) is 24.3 Å². The number of rotatable bonds is 3. The quantitative estimate of drug-likeness (QED) is 0.875. The molecule has 0 bridgehead atoms. The second-order valence-corrected chi connectivity index (χ2v) is 6.72. The maximum atomic E-state index is 13.4. The number of nitrogens with zero attached hydrogens (tertiary/aromatic N) is 1. The molecule has 3 amide bonds. The Hall–Kier alpha value is -3.22. The van der Waals surface area contributed by atoms with Crippen molar-refractivity contribution in [3.8, 4) is 0 Å². The van der Waals surface area contributed by atoms with Crippen molar-refractivity contribution < 1.29 is 18.8 Å². The zero-order valence-corrected chi connectivity index (χ0v) is 14.5. The van der Waals surface area contributed by atoms with Gasteiger partial charge in [-0.1, -0.05) is 6.07 Å². The summed E-state index contributed by atoms with van der Waals surface area (Å²) in [5, 5.41) is 5.40. The molecule has 2 aliphatic heterocycles. The first-order valence-electron chi connectivity index (χ1n) is 8.82. The Kier molecular flexibility index (Phi) is 4.35. The summed E-state index contributed by atoms with van der Waals surface area (Å²) in [5.74, 6) is -1.71. The Morgan fingerprint density at radius 2 is 1.93 bits per heavy atom. The lowest BCUT2D eigenvalue weighted by atomic mass is 9.89. The molecule has 2 aromatic carbocycles. The predicted octanol–water partition coefficient (Wildman–Crippen LogP) is 3.02. The lowest BCUT2D eigenvalue weighted by Crippen LogP contribution is -2.31. The number of carbonyl (C=O) groups excluding carboxylic acids is 3. The molecule has 2 heterocycles. The van der Waals surface area contributed by atoms with Gasteiger partial charge in [-0.25, -0.2) is 4.39 Å². The second-order valence-electron chi connectivity index (χ2n) is 6.72. The molecule has 2 aromatic rings. The molecule has 0 radical (unpaired) electrons. The number of carbonyl (C=O) groups is 3. The molecule has 0 aliphatic carbocycles. The minimum atomic E-state index is -0.686. The number of hydrogen-bond donors (Lipinski definition) is 2. The molecule has 2 aliphatic rings. The van der Waals surface area contributed by atoms with E-state index in [2.05, 4.69) is 10.6 Å². The van der Waals surface area contributed by atoms with Gasteiger partial charge in [-0.05, 0) is 48.4 Å². The van der Waals surface area contributed by atoms with Crippen LogP contribution in [0.3, 0.4) is 0 Å². The van der Waals surface area contributed by atoms with Gasteiger partial charge in [0.25, 0.3) is 0 Å². The highest BCUT2D eigenvalue weighted by atomic mass is 19.1. The number of halogens is 1. The highest BCUT2D eigenvalue weighted by Crippen LogP contribution is 2.33. The molecule has 4 rings (SSSR count). The van der Waals surface area contributed by atoms with Crippen LogP contribution >= 0.6 is 0 Å². The standard InChI is InChI=1S/C20H18FN3O3/c21-12-3-8-15-16(11-18(25)23-17(15)10-12)20(27)22-13-4-6-14(7-5-13)24-9-1-2-19(24)26/h3-8,10,16H,1-2,9,11H2,(H,22,27)(H,23,25). The molecule has 1 unspecified atom stereocenters. The largest absolute Gasteiger partial charge is 0.326 e. The van der Waals surface area contributed by atoms with Crippen LogP contribution in [-0.2, 0) is 14.4 Å². The first-order chi connectivity index (χ1) is 13.0. The van der Waals surface area contributed by atoms with Crippen LogP contribution in [0.15, 0.2) is 42.5 Å². The number of amides is 3. The summed E-state index contributed by atoms with van der Waals surface area (Å²) in [4.78, 5) is 38.1. The Balaban J connectivity index is 1.51. The minimum Gasteiger partial charge on any atom is -0.326 e. The second kappa shape index (κ2) is 6.83. The molecule has 0 saturated carbocycles. The van der Waals surface area contributed by atoms with E-state index in [1.807, 2.05) is 0 Å². The maximum Gasteiger partial charge on any atom is 0.232 e. The van der Waals surface area contributed by atoms with Crippen molar-refractivity contribution in [1.29, 1.82) is 0 Å². The Labute approximate surface area is 155 Å². The summed E-state index contributed by atoms with van der Waals surface area (Å²) in [7, 11) is 0. The Bertz CT molecular complexity index is 927. The van der Waals surface area contributed by atoms with Gasteiger partial charge in [0.15, 0.2) is 0 Å². The molecular formula is C20H18FN3O3. The number of fused-ring (bicyclic) bond motifs is 1. The van der Waals surface area contributed by atoms with Gasteiger partial charge in [-0.15, -0.1) is 0 Å². The molecule has 1 atom stereocenters. The van der Waals surface area contributed by atoms with Crippen LogP contribution in [0.25, 0.3) is 0 Å². The maximum absolute atomic E-state index is 13.4. The van der Waals surface area contributed by atoms with E-state index in [1.165, 1.54) is 18.2 Å². The van der Waals surface area contributed by atoms with Crippen LogP contribution in [0, 0.1) is 5.82 Å². The molecule has 1 saturated heterocycles. The van der Waals surface area contributed by atoms with Gasteiger partial charge in [0, 0.05) is 36.4 Å². The zero-order valence-electron chi connectivity index (χ0n) is 14.5. The fourth-order valence-electron chi connectivity index (χ4n) is 3.55. The number of hydrogen-bond acceptors (Lipinski definition) is 3. The van der Waals surface area contributed by atoms with Crippen LogP contribution in [0.1, 0.15) is 30.7 Å². The number of nitrogens with one attached hydrogen (secondary N) is 2. The van der Waals surface area contributed by atoms with Gasteiger partial charge in [0.05, 0.1) is 5.92 Å². The SMILES string of the molecule is O=C1CC(C(=O)Nc2ccc(N3CCCC3=O)cc2)c2ccc(F)cc2N1. The zero-order chi connectivity index (χ0) is 19.0. The highest BCUT2D eigenvalue weighted by Gasteiger charge is 2.31. The molecule has 0 aromatic heterocycles. The van der Waals surface area contributed by atoms with Crippen molar-refractivity contribution in [3.05, 3.63) is 53.8 Å². The average molecular weight is 367 g/mol. The van der Waals surface area contributed by atoms with Gasteiger partial charge >= 0.3 is 0 Å². The predicted molar refractivity (Wildman–Crippen MR) is 99.0 cm³/mol. The van der Waals surface area contributed by atoms with E-state index in [0.717, 1.165) is 12.1 Å². The third-order valence-corrected chi connectivity index (χ3v) is 4.89. The van der Waals surface area contributed by atoms with Crippen molar-refractivity contribution in [1.82, 2.24) is 0 Å². The van der Waals surface area contributed by atoms with Gasteiger partial charge in [0.1, 0.15) is 5.82 Å². The van der Waals surface area contributed by atoms with E-state index in [9.17, 15) is 18.8 Å². The number of anilines is 3. The third-order valence-electron chi connectivity index (χ3n) is 4.89. The normalized spacial score (nSPS) is 18.9. The van der Waals surface area contributed by atoms with Crippen molar-refractivity contribution in [3.63, 3.8) is 0 Å². The van der Waals surface area contributed by atoms with Crippen molar-refractivity contribution in [2.75, 3.05) is 22.1 Å². The van der Waals surface area contributed by atoms with Crippen LogP contribution in [0.2, 0.25) is 0 Å². The molecule has 1 fully saturated rings. The van der Waals surface area contributed by atoms with E-state index >= 15 is 0 Å². The summed E-state index contributed by atoms with van der Waals surface area (Å²) >= 11 is 0. The molecule has 138 valence electrons. The van der Waals surface area contributed by atoms with Gasteiger partial charge in [-0.3, -0.25) is 14.4 Å². The Morgan fingerprint density at radius 1 is 1.15 bits per heavy atom. The summed E-state index contributed by atoms with van der Waals surface area (Å²) in [6, 6.07) is 11.1. The monoisotopic (exact) mass is 367 g/mol. The van der Waals surface area contributed by atoms with E-state index < -0.39 is 11.7 Å². The lowest BCUT2D eigenvalue weighted by molar-refractivity contribution is -0.123. The van der Waals surface area contributed by atoms with Gasteiger partial charge in [-0.2, -0.15) is 0 Å². The lowest BCUT2D eigenvalue weighted by Gasteiger charge is -2.25. The van der Waals surface area contributed by atoms with Gasteiger partial charge < -0.3 is 15.5 Å². The number of benzene rings is 2. The highest BCUT2D eigenvalue weighted by molar-refractivity contribution is 6.05. The van der Waals surface area contributed by atoms with E-state index in [-0.39, 0.29) is 24.1 Å². The summed E-state index contributed by atoms with van der Waals surface area (Å²) in [6.45, 7) is 0.703. The summed E-state index contributed by atoms with van der Waals surface area (Å²) in [6.07, 6.45) is 1.41. The summed E-state index contributed by atoms with van der Waals surface area (Å²) in [5.41, 5.74) is 2.29. The van der Waals surface area contributed by atoms with Crippen LogP contribution in [0.5, 0.6) is 0 Å². The molecule has 0 spiro atoms. The molecular weight excluding hydrogens is 349 g/mol. The third kappa shape index (κ3) is 3.40. The van der Waals surface area contributed by atoms with Crippen molar-refractivity contribution in [2.45, 2.75) is 25.2 Å². The summed E-state index contributed by atoms with van der Waals surface area (Å²) < 4.78 is 13.4. The van der Waals surface area contributed by atoms with Crippen molar-refractivity contribution >= 4 is 34.8 Å². The first-order valence-corrected chi connectivity index (χ1v) is 8.82. The first kappa shape index (κ1) is 17.2. The van der Waals surface area contributed by atoms with E-state index in [0.29, 0.717) is 29.9 Å². The minimum absolute atomic E-state index is 0.00479. The smallest absolute Gasteiger partial charge is 0.232 e. The topological polar surface area (TPSA) is 78.5 Å². The van der Waals surface area contributed by atoms with Crippen LogP contribution in [0.4, 0.5) is 21.5 Å². The average Bonchev–Trinajstić information content (AvgIpc) is 3.07. The fourth-order valence-corrected chi connectivity index (χ4v) is 3.55. The molecule has 6 nitrogen and oxygen atoms in total. The van der Waals surface area contributed by atoms with E-state index in [4.69, 9.17) is 0 Å². The Morgan fingerprint density at radius 3 is 2.63 bits per heavy atom. The molecule has 27 heavy (non-hydrogen) atoms. The van der Waals surface area contributed by atoms with Crippen molar-refractivity contribution in [2.24, 2.45) is 0 Å². The van der Waals surface area contributed by atoms with Gasteiger partial charge in [0.2, 0.25) is 17.7 Å². The fraction of sp³-hybridized carbons (Fsp3) is 0.250. The molecule has 2 N–H and O–H groups in total. The molecule has 7 heteroatoms. The van der Waals surface area contributed by atoms with E-state index in [1.54, 1.807) is 29.2 Å².